The van der Waals surface area contributed by atoms with Crippen molar-refractivity contribution in [2.24, 2.45) is 7.05 Å². The first-order chi connectivity index (χ1) is 8.75. The first-order valence-corrected chi connectivity index (χ1v) is 6.77. The summed E-state index contributed by atoms with van der Waals surface area (Å²) in [5.41, 5.74) is 5.27. The van der Waals surface area contributed by atoms with E-state index < -0.39 is 0 Å². The molecule has 2 aliphatic carbocycles. The smallest absolute Gasteiger partial charge is 1.00 e. The Morgan fingerprint density at radius 2 is 1.73 bits per heavy atom. The van der Waals surface area contributed by atoms with Crippen molar-refractivity contribution < 1.29 is 63.4 Å². The van der Waals surface area contributed by atoms with Gasteiger partial charge in [0.15, 0.2) is 0 Å². The fourth-order valence-electron chi connectivity index (χ4n) is 2.91. The van der Waals surface area contributed by atoms with E-state index in [2.05, 4.69) is 76.1 Å². The van der Waals surface area contributed by atoms with Crippen molar-refractivity contribution in [3.63, 3.8) is 0 Å². The summed E-state index contributed by atoms with van der Waals surface area (Å²) < 4.78 is 3.42. The summed E-state index contributed by atoms with van der Waals surface area (Å²) in [5.74, 6) is 0. The van der Waals surface area contributed by atoms with Crippen LogP contribution >= 0.6 is 15.9 Å². The molecule has 1 aromatic heterocycles. The first-order valence-electron chi connectivity index (χ1n) is 5.98. The average molecular weight is 495 g/mol. The van der Waals surface area contributed by atoms with Crippen molar-refractivity contribution in [3.8, 4) is 11.1 Å². The van der Waals surface area contributed by atoms with Gasteiger partial charge in [0.2, 0.25) is 0 Å². The molecule has 4 rings (SSSR count). The predicted molar refractivity (Wildman–Crippen MR) is 80.3 cm³/mol. The molecule has 0 saturated carbocycles. The van der Waals surface area contributed by atoms with E-state index in [4.69, 9.17) is 0 Å². The van der Waals surface area contributed by atoms with E-state index in [9.17, 15) is 0 Å². The van der Waals surface area contributed by atoms with Gasteiger partial charge in [-0.05, 0) is 29.0 Å². The standard InChI is InChI=1S/C16H11BrN.3ClH.Zr/c1-18-15-7-6-11(17)9-13(15)14-8-10-4-2-3-5-12(10)16(14)18;;;;/h2-9H,1H3;3*1H;/q-1;;;;+4/p-3. The molecule has 0 radical (unpaired) electrons. The molecule has 2 aliphatic rings. The second kappa shape index (κ2) is 8.26. The Kier molecular flexibility index (Phi) is 8.29. The molecule has 0 aliphatic heterocycles. The second-order valence-electron chi connectivity index (χ2n) is 4.71. The Bertz CT molecular complexity index is 869. The van der Waals surface area contributed by atoms with Crippen LogP contribution < -0.4 is 37.2 Å². The van der Waals surface area contributed by atoms with Gasteiger partial charge in [-0.15, -0.1) is 35.9 Å². The zero-order valence-corrected chi connectivity index (χ0v) is 17.9. The molecular weight excluding hydrogens is 484 g/mol. The fraction of sp³-hybridized carbons (Fsp3) is 0.0625. The Balaban J connectivity index is 0.00000110. The van der Waals surface area contributed by atoms with Gasteiger partial charge in [0.25, 0.3) is 0 Å². The van der Waals surface area contributed by atoms with E-state index in [1.54, 1.807) is 0 Å². The van der Waals surface area contributed by atoms with Crippen molar-refractivity contribution in [2.45, 2.75) is 0 Å². The molecule has 0 atom stereocenters. The summed E-state index contributed by atoms with van der Waals surface area (Å²) in [6.45, 7) is 0. The zero-order valence-electron chi connectivity index (χ0n) is 11.6. The van der Waals surface area contributed by atoms with E-state index in [0.29, 0.717) is 0 Å². The predicted octanol–water partition coefficient (Wildman–Crippen LogP) is -4.07. The van der Waals surface area contributed by atoms with E-state index in [-0.39, 0.29) is 63.4 Å². The maximum Gasteiger partial charge on any atom is 4.00 e. The average Bonchev–Trinajstić information content (AvgIpc) is 2.87. The van der Waals surface area contributed by atoms with E-state index >= 15 is 0 Å². The Hall–Kier alpha value is 0.0831. The van der Waals surface area contributed by atoms with Gasteiger partial charge in [-0.1, -0.05) is 21.5 Å². The molecule has 0 fully saturated rings. The summed E-state index contributed by atoms with van der Waals surface area (Å²) in [5, 5.41) is 2.66. The molecule has 0 saturated heterocycles. The van der Waals surface area contributed by atoms with Gasteiger partial charge in [-0.25, -0.2) is 0 Å². The van der Waals surface area contributed by atoms with Crippen LogP contribution in [0.2, 0.25) is 0 Å². The van der Waals surface area contributed by atoms with Gasteiger partial charge in [0, 0.05) is 22.6 Å². The number of fused-ring (bicyclic) bond motifs is 5. The number of aryl methyl sites for hydroxylation is 1. The van der Waals surface area contributed by atoms with Crippen molar-refractivity contribution >= 4 is 37.7 Å². The summed E-state index contributed by atoms with van der Waals surface area (Å²) >= 11 is 3.56. The molecule has 1 aromatic carbocycles. The third-order valence-electron chi connectivity index (χ3n) is 3.72. The molecule has 1 heterocycles. The summed E-state index contributed by atoms with van der Waals surface area (Å²) in [6.07, 6.45) is 0. The van der Waals surface area contributed by atoms with Crippen LogP contribution in [0.5, 0.6) is 0 Å². The molecule has 0 N–H and O–H groups in total. The molecule has 6 heteroatoms. The summed E-state index contributed by atoms with van der Waals surface area (Å²) in [4.78, 5) is 0. The van der Waals surface area contributed by atoms with Crippen LogP contribution in [0.4, 0.5) is 0 Å². The molecule has 112 valence electrons. The maximum absolute atomic E-state index is 3.56. The molecule has 2 aromatic rings. The molecule has 0 amide bonds. The van der Waals surface area contributed by atoms with Gasteiger partial charge >= 0.3 is 26.2 Å². The number of aromatic nitrogens is 1. The van der Waals surface area contributed by atoms with Gasteiger partial charge in [0.05, 0.1) is 0 Å². The number of hydrogen-bond acceptors (Lipinski definition) is 0. The first kappa shape index (κ1) is 22.1. The summed E-state index contributed by atoms with van der Waals surface area (Å²) in [7, 11) is 2.14. The largest absolute Gasteiger partial charge is 4.00 e. The van der Waals surface area contributed by atoms with Crippen LogP contribution in [0.1, 0.15) is 0 Å². The zero-order chi connectivity index (χ0) is 12.3. The van der Waals surface area contributed by atoms with Crippen LogP contribution in [0, 0.1) is 0 Å². The Labute approximate surface area is 175 Å². The van der Waals surface area contributed by atoms with E-state index in [1.165, 1.54) is 32.9 Å². The molecule has 1 nitrogen and oxygen atoms in total. The second-order valence-corrected chi connectivity index (χ2v) is 5.63. The van der Waals surface area contributed by atoms with Crippen molar-refractivity contribution in [1.82, 2.24) is 4.57 Å². The van der Waals surface area contributed by atoms with Crippen LogP contribution in [-0.4, -0.2) is 4.57 Å². The van der Waals surface area contributed by atoms with Gasteiger partial charge in [0.1, 0.15) is 0 Å². The normalized spacial score (nSPS) is 9.73. The quantitative estimate of drug-likeness (QED) is 0.219. The third-order valence-corrected chi connectivity index (χ3v) is 4.21. The molecular formula is C16H11BrCl3NZr. The minimum atomic E-state index is 0. The fourth-order valence-corrected chi connectivity index (χ4v) is 3.27. The van der Waals surface area contributed by atoms with Crippen molar-refractivity contribution in [1.29, 1.82) is 0 Å². The van der Waals surface area contributed by atoms with Gasteiger partial charge in [-0.3, -0.25) is 0 Å². The van der Waals surface area contributed by atoms with Gasteiger partial charge < -0.3 is 41.8 Å². The van der Waals surface area contributed by atoms with Crippen LogP contribution in [0.15, 0.2) is 53.0 Å². The molecule has 0 bridgehead atoms. The van der Waals surface area contributed by atoms with E-state index in [1.807, 2.05) is 0 Å². The number of hydrogen-bond donors (Lipinski definition) is 0. The molecule has 0 spiro atoms. The monoisotopic (exact) mass is 491 g/mol. The minimum Gasteiger partial charge on any atom is -1.00 e. The van der Waals surface area contributed by atoms with Gasteiger partial charge in [-0.2, -0.15) is 0 Å². The van der Waals surface area contributed by atoms with Crippen molar-refractivity contribution in [2.75, 3.05) is 0 Å². The summed E-state index contributed by atoms with van der Waals surface area (Å²) in [6, 6.07) is 17.4. The number of benzene rings is 2. The minimum absolute atomic E-state index is 0. The van der Waals surface area contributed by atoms with E-state index in [0.717, 1.165) is 4.47 Å². The van der Waals surface area contributed by atoms with Crippen molar-refractivity contribution in [3.05, 3.63) is 53.0 Å². The number of rotatable bonds is 0. The van der Waals surface area contributed by atoms with Crippen LogP contribution in [-0.2, 0) is 33.3 Å². The number of nitrogens with zero attached hydrogens (tertiary/aromatic N) is 1. The molecule has 22 heavy (non-hydrogen) atoms. The Morgan fingerprint density at radius 1 is 1.00 bits per heavy atom. The number of halogens is 4. The third kappa shape index (κ3) is 3.16. The maximum atomic E-state index is 3.56. The Morgan fingerprint density at radius 3 is 2.45 bits per heavy atom. The topological polar surface area (TPSA) is 4.93 Å². The SMILES string of the molecule is Cn1c2ccc(Br)cc2c2cc3[cH-]cccc-3c21.[Cl-].[Cl-].[Cl-].[Zr+4]. The molecule has 0 unspecified atom stereocenters. The van der Waals surface area contributed by atoms with Crippen LogP contribution in [0.3, 0.4) is 0 Å². The van der Waals surface area contributed by atoms with Crippen LogP contribution in [0.25, 0.3) is 32.9 Å².